The Bertz CT molecular complexity index is 914. The molecule has 0 aliphatic rings. The third kappa shape index (κ3) is 3.34. The van der Waals surface area contributed by atoms with E-state index in [1.54, 1.807) is 6.07 Å². The van der Waals surface area contributed by atoms with Crippen molar-refractivity contribution in [1.82, 2.24) is 15.0 Å². The number of hydrogen-bond donors (Lipinski definition) is 1. The molecule has 0 aliphatic heterocycles. The summed E-state index contributed by atoms with van der Waals surface area (Å²) < 4.78 is 1.82. The molecule has 2 aromatic carbocycles. The number of anilines is 1. The van der Waals surface area contributed by atoms with Crippen molar-refractivity contribution in [1.29, 1.82) is 0 Å². The Hall–Kier alpha value is -2.69. The van der Waals surface area contributed by atoms with Gasteiger partial charge in [-0.15, -0.1) is 5.10 Å². The number of para-hydroxylation sites is 1. The number of benzene rings is 2. The van der Waals surface area contributed by atoms with Crippen LogP contribution in [0.5, 0.6) is 0 Å². The Kier molecular flexibility index (Phi) is 5.07. The zero-order chi connectivity index (χ0) is 18.8. The first-order chi connectivity index (χ1) is 12.4. The zero-order valence-corrected chi connectivity index (χ0v) is 16.1. The van der Waals surface area contributed by atoms with Gasteiger partial charge < -0.3 is 5.32 Å². The van der Waals surface area contributed by atoms with Crippen molar-refractivity contribution in [3.63, 3.8) is 0 Å². The van der Waals surface area contributed by atoms with Gasteiger partial charge in [0.2, 0.25) is 0 Å². The molecule has 0 saturated heterocycles. The standard InChI is InChI=1S/C21H26N4O/c1-6-25-19-11-10-15(12-18(19)23-24-25)21(26)22-20-16(13(2)3)8-7-9-17(20)14(4)5/h7-14H,6H2,1-5H3,(H,22,26). The van der Waals surface area contributed by atoms with Crippen LogP contribution in [0.2, 0.25) is 0 Å². The zero-order valence-electron chi connectivity index (χ0n) is 16.1. The first kappa shape index (κ1) is 18.1. The molecule has 3 aromatic rings. The highest BCUT2D eigenvalue weighted by molar-refractivity contribution is 6.06. The first-order valence-corrected chi connectivity index (χ1v) is 9.19. The lowest BCUT2D eigenvalue weighted by atomic mass is 9.92. The monoisotopic (exact) mass is 350 g/mol. The molecule has 0 fully saturated rings. The number of aromatic nitrogens is 3. The van der Waals surface area contributed by atoms with E-state index in [4.69, 9.17) is 0 Å². The molecular formula is C21H26N4O. The number of aryl methyl sites for hydroxylation is 1. The maximum absolute atomic E-state index is 12.9. The molecule has 1 aromatic heterocycles. The summed E-state index contributed by atoms with van der Waals surface area (Å²) in [4.78, 5) is 12.9. The van der Waals surface area contributed by atoms with Crippen molar-refractivity contribution >= 4 is 22.6 Å². The molecule has 5 heteroatoms. The quantitative estimate of drug-likeness (QED) is 0.708. The maximum Gasteiger partial charge on any atom is 0.255 e. The van der Waals surface area contributed by atoms with Crippen LogP contribution in [0.25, 0.3) is 11.0 Å². The van der Waals surface area contributed by atoms with E-state index in [2.05, 4.69) is 61.5 Å². The van der Waals surface area contributed by atoms with Crippen LogP contribution in [0, 0.1) is 0 Å². The Morgan fingerprint density at radius 3 is 2.31 bits per heavy atom. The van der Waals surface area contributed by atoms with Crippen molar-refractivity contribution in [2.75, 3.05) is 5.32 Å². The molecular weight excluding hydrogens is 324 g/mol. The number of hydrogen-bond acceptors (Lipinski definition) is 3. The van der Waals surface area contributed by atoms with Crippen LogP contribution in [-0.4, -0.2) is 20.9 Å². The van der Waals surface area contributed by atoms with Gasteiger partial charge in [0.05, 0.1) is 5.52 Å². The number of rotatable bonds is 5. The largest absolute Gasteiger partial charge is 0.321 e. The molecule has 26 heavy (non-hydrogen) atoms. The summed E-state index contributed by atoms with van der Waals surface area (Å²) in [6, 6.07) is 11.8. The molecule has 5 nitrogen and oxygen atoms in total. The van der Waals surface area contributed by atoms with Crippen molar-refractivity contribution in [2.45, 2.75) is 53.0 Å². The normalized spacial score (nSPS) is 11.5. The third-order valence-electron chi connectivity index (χ3n) is 4.69. The fourth-order valence-corrected chi connectivity index (χ4v) is 3.23. The average molecular weight is 350 g/mol. The van der Waals surface area contributed by atoms with Crippen LogP contribution < -0.4 is 5.32 Å². The molecule has 3 rings (SSSR count). The molecule has 0 bridgehead atoms. The minimum atomic E-state index is -0.118. The molecule has 1 N–H and O–H groups in total. The van der Waals surface area contributed by atoms with E-state index in [9.17, 15) is 4.79 Å². The average Bonchev–Trinajstić information content (AvgIpc) is 3.03. The number of amides is 1. The Morgan fingerprint density at radius 1 is 1.08 bits per heavy atom. The highest BCUT2D eigenvalue weighted by Crippen LogP contribution is 2.32. The second-order valence-electron chi connectivity index (χ2n) is 7.18. The predicted molar refractivity (Wildman–Crippen MR) is 106 cm³/mol. The molecule has 0 unspecified atom stereocenters. The number of fused-ring (bicyclic) bond motifs is 1. The van der Waals surface area contributed by atoms with Gasteiger partial charge in [0.15, 0.2) is 0 Å². The van der Waals surface area contributed by atoms with Crippen molar-refractivity contribution in [3.8, 4) is 0 Å². The van der Waals surface area contributed by atoms with E-state index in [1.165, 1.54) is 0 Å². The summed E-state index contributed by atoms with van der Waals surface area (Å²) >= 11 is 0. The van der Waals surface area contributed by atoms with Crippen LogP contribution in [0.4, 0.5) is 5.69 Å². The lowest BCUT2D eigenvalue weighted by molar-refractivity contribution is 0.102. The summed E-state index contributed by atoms with van der Waals surface area (Å²) in [5.41, 5.74) is 5.51. The van der Waals surface area contributed by atoms with Crippen molar-refractivity contribution in [2.24, 2.45) is 0 Å². The summed E-state index contributed by atoms with van der Waals surface area (Å²) in [5.74, 6) is 0.541. The fraction of sp³-hybridized carbons (Fsp3) is 0.381. The smallest absolute Gasteiger partial charge is 0.255 e. The second-order valence-corrected chi connectivity index (χ2v) is 7.18. The van der Waals surface area contributed by atoms with Gasteiger partial charge in [-0.25, -0.2) is 4.68 Å². The van der Waals surface area contributed by atoms with Gasteiger partial charge in [0, 0.05) is 17.8 Å². The predicted octanol–water partition coefficient (Wildman–Crippen LogP) is 4.95. The lowest BCUT2D eigenvalue weighted by Crippen LogP contribution is -2.16. The van der Waals surface area contributed by atoms with Crippen LogP contribution in [0.3, 0.4) is 0 Å². The first-order valence-electron chi connectivity index (χ1n) is 9.19. The Balaban J connectivity index is 1.97. The minimum Gasteiger partial charge on any atom is -0.321 e. The number of nitrogens with one attached hydrogen (secondary N) is 1. The van der Waals surface area contributed by atoms with Gasteiger partial charge in [-0.05, 0) is 48.1 Å². The van der Waals surface area contributed by atoms with E-state index < -0.39 is 0 Å². The number of nitrogens with zero attached hydrogens (tertiary/aromatic N) is 3. The molecule has 0 radical (unpaired) electrons. The number of carbonyl (C=O) groups excluding carboxylic acids is 1. The number of carbonyl (C=O) groups is 1. The van der Waals surface area contributed by atoms with Crippen molar-refractivity contribution < 1.29 is 4.79 Å². The highest BCUT2D eigenvalue weighted by atomic mass is 16.1. The van der Waals surface area contributed by atoms with Gasteiger partial charge in [-0.1, -0.05) is 51.1 Å². The lowest BCUT2D eigenvalue weighted by Gasteiger charge is -2.20. The molecule has 0 spiro atoms. The molecule has 1 amide bonds. The summed E-state index contributed by atoms with van der Waals surface area (Å²) in [6.07, 6.45) is 0. The summed E-state index contributed by atoms with van der Waals surface area (Å²) in [5, 5.41) is 11.4. The van der Waals surface area contributed by atoms with Gasteiger partial charge in [-0.3, -0.25) is 4.79 Å². The van der Waals surface area contributed by atoms with Gasteiger partial charge in [0.1, 0.15) is 5.52 Å². The summed E-state index contributed by atoms with van der Waals surface area (Å²) in [6.45, 7) is 11.3. The molecule has 0 atom stereocenters. The Morgan fingerprint density at radius 2 is 1.73 bits per heavy atom. The van der Waals surface area contributed by atoms with Crippen LogP contribution in [0.15, 0.2) is 36.4 Å². The van der Waals surface area contributed by atoms with Crippen LogP contribution in [0.1, 0.15) is 67.9 Å². The molecule has 0 aliphatic carbocycles. The molecule has 0 saturated carbocycles. The maximum atomic E-state index is 12.9. The van der Waals surface area contributed by atoms with Crippen molar-refractivity contribution in [3.05, 3.63) is 53.1 Å². The molecule has 136 valence electrons. The molecule has 1 heterocycles. The van der Waals surface area contributed by atoms with E-state index >= 15 is 0 Å². The van der Waals surface area contributed by atoms with E-state index in [1.807, 2.05) is 23.7 Å². The van der Waals surface area contributed by atoms with Crippen LogP contribution in [-0.2, 0) is 6.54 Å². The van der Waals surface area contributed by atoms with E-state index in [-0.39, 0.29) is 5.91 Å². The second kappa shape index (κ2) is 7.28. The van der Waals surface area contributed by atoms with E-state index in [0.717, 1.165) is 34.4 Å². The van der Waals surface area contributed by atoms with Gasteiger partial charge >= 0.3 is 0 Å². The topological polar surface area (TPSA) is 59.8 Å². The third-order valence-corrected chi connectivity index (χ3v) is 4.69. The van der Waals surface area contributed by atoms with Gasteiger partial charge in [0.25, 0.3) is 5.91 Å². The fourth-order valence-electron chi connectivity index (χ4n) is 3.23. The minimum absolute atomic E-state index is 0.118. The van der Waals surface area contributed by atoms with E-state index in [0.29, 0.717) is 17.4 Å². The SMILES string of the molecule is CCn1nnc2cc(C(=O)Nc3c(C(C)C)cccc3C(C)C)ccc21. The Labute approximate surface area is 154 Å². The van der Waals surface area contributed by atoms with Crippen LogP contribution >= 0.6 is 0 Å². The van der Waals surface area contributed by atoms with Gasteiger partial charge in [-0.2, -0.15) is 0 Å². The summed E-state index contributed by atoms with van der Waals surface area (Å²) in [7, 11) is 0. The highest BCUT2D eigenvalue weighted by Gasteiger charge is 2.17.